The lowest BCUT2D eigenvalue weighted by atomic mass is 9.85. The highest BCUT2D eigenvalue weighted by Gasteiger charge is 2.42. The van der Waals surface area contributed by atoms with E-state index >= 15 is 0 Å². The van der Waals surface area contributed by atoms with E-state index in [1.54, 1.807) is 0 Å². The first kappa shape index (κ1) is 15.9. The molecule has 2 N–H and O–H groups in total. The third-order valence-corrected chi connectivity index (χ3v) is 5.38. The SMILES string of the molecule is CC(C)NC1(CO)CCCC1CCSc1nccn1C. The Kier molecular flexibility index (Phi) is 5.52. The minimum absolute atomic E-state index is 0.0592. The lowest BCUT2D eigenvalue weighted by Crippen LogP contribution is -2.54. The Hall–Kier alpha value is -0.520. The molecule has 4 nitrogen and oxygen atoms in total. The zero-order chi connectivity index (χ0) is 14.6. The molecule has 0 radical (unpaired) electrons. The number of nitrogens with zero attached hydrogens (tertiary/aromatic N) is 2. The first-order chi connectivity index (χ1) is 9.57. The van der Waals surface area contributed by atoms with E-state index in [9.17, 15) is 5.11 Å². The molecule has 1 aliphatic rings. The molecule has 1 aliphatic carbocycles. The van der Waals surface area contributed by atoms with Gasteiger partial charge in [-0.15, -0.1) is 0 Å². The molecule has 1 aromatic rings. The number of hydrogen-bond acceptors (Lipinski definition) is 4. The number of aryl methyl sites for hydroxylation is 1. The van der Waals surface area contributed by atoms with E-state index < -0.39 is 0 Å². The van der Waals surface area contributed by atoms with E-state index in [4.69, 9.17) is 0 Å². The predicted octanol–water partition coefficient (Wildman–Crippen LogP) is 2.43. The highest BCUT2D eigenvalue weighted by molar-refractivity contribution is 7.99. The fraction of sp³-hybridized carbons (Fsp3) is 0.800. The van der Waals surface area contributed by atoms with Crippen LogP contribution in [-0.4, -0.2) is 38.6 Å². The van der Waals surface area contributed by atoms with Gasteiger partial charge in [-0.25, -0.2) is 4.98 Å². The first-order valence-electron chi connectivity index (χ1n) is 7.56. The maximum atomic E-state index is 9.88. The van der Waals surface area contributed by atoms with E-state index in [1.807, 2.05) is 31.2 Å². The van der Waals surface area contributed by atoms with Crippen LogP contribution in [0, 0.1) is 5.92 Å². The summed E-state index contributed by atoms with van der Waals surface area (Å²) in [6, 6.07) is 0.421. The van der Waals surface area contributed by atoms with Gasteiger partial charge in [0.15, 0.2) is 5.16 Å². The monoisotopic (exact) mass is 297 g/mol. The maximum Gasteiger partial charge on any atom is 0.167 e. The van der Waals surface area contributed by atoms with E-state index in [0.29, 0.717) is 12.0 Å². The molecule has 114 valence electrons. The van der Waals surface area contributed by atoms with Crippen LogP contribution in [0.2, 0.25) is 0 Å². The second-order valence-corrected chi connectivity index (χ2v) is 7.22. The molecule has 0 saturated heterocycles. The lowest BCUT2D eigenvalue weighted by molar-refractivity contribution is 0.113. The average Bonchev–Trinajstić information content (AvgIpc) is 2.97. The highest BCUT2D eigenvalue weighted by Crippen LogP contribution is 2.39. The molecule has 0 bridgehead atoms. The van der Waals surface area contributed by atoms with Gasteiger partial charge in [0.25, 0.3) is 0 Å². The molecule has 1 saturated carbocycles. The Labute approximate surface area is 126 Å². The van der Waals surface area contributed by atoms with Crippen molar-refractivity contribution in [1.82, 2.24) is 14.9 Å². The molecule has 0 aromatic carbocycles. The zero-order valence-electron chi connectivity index (χ0n) is 12.8. The van der Waals surface area contributed by atoms with Crippen LogP contribution in [0.15, 0.2) is 17.6 Å². The van der Waals surface area contributed by atoms with Gasteiger partial charge in [-0.05, 0) is 25.2 Å². The second kappa shape index (κ2) is 6.96. The molecule has 20 heavy (non-hydrogen) atoms. The molecular weight excluding hydrogens is 270 g/mol. The van der Waals surface area contributed by atoms with Crippen LogP contribution in [0.25, 0.3) is 0 Å². The summed E-state index contributed by atoms with van der Waals surface area (Å²) in [6.07, 6.45) is 8.50. The number of hydrogen-bond donors (Lipinski definition) is 2. The number of imidazole rings is 1. The van der Waals surface area contributed by atoms with Crippen molar-refractivity contribution in [2.75, 3.05) is 12.4 Å². The smallest absolute Gasteiger partial charge is 0.167 e. The van der Waals surface area contributed by atoms with Crippen molar-refractivity contribution in [3.05, 3.63) is 12.4 Å². The largest absolute Gasteiger partial charge is 0.394 e. The molecule has 0 spiro atoms. The van der Waals surface area contributed by atoms with Gasteiger partial charge in [0.1, 0.15) is 0 Å². The topological polar surface area (TPSA) is 50.1 Å². The van der Waals surface area contributed by atoms with Crippen molar-refractivity contribution in [3.63, 3.8) is 0 Å². The normalized spacial score (nSPS) is 26.6. The molecule has 2 unspecified atom stereocenters. The van der Waals surface area contributed by atoms with Gasteiger partial charge in [-0.2, -0.15) is 0 Å². The van der Waals surface area contributed by atoms with Crippen LogP contribution in [-0.2, 0) is 7.05 Å². The third kappa shape index (κ3) is 3.57. The van der Waals surface area contributed by atoms with Crippen LogP contribution >= 0.6 is 11.8 Å². The molecule has 0 aliphatic heterocycles. The Morgan fingerprint density at radius 3 is 3.00 bits per heavy atom. The van der Waals surface area contributed by atoms with Gasteiger partial charge in [0, 0.05) is 36.8 Å². The van der Waals surface area contributed by atoms with Crippen molar-refractivity contribution < 1.29 is 5.11 Å². The van der Waals surface area contributed by atoms with Gasteiger partial charge in [-0.3, -0.25) is 0 Å². The van der Waals surface area contributed by atoms with Crippen LogP contribution < -0.4 is 5.32 Å². The van der Waals surface area contributed by atoms with Crippen LogP contribution in [0.1, 0.15) is 39.5 Å². The summed E-state index contributed by atoms with van der Waals surface area (Å²) in [4.78, 5) is 4.35. The Bertz CT molecular complexity index is 421. The molecule has 2 atom stereocenters. The van der Waals surface area contributed by atoms with Gasteiger partial charge in [0.2, 0.25) is 0 Å². The number of aliphatic hydroxyl groups is 1. The third-order valence-electron chi connectivity index (χ3n) is 4.29. The van der Waals surface area contributed by atoms with Crippen molar-refractivity contribution in [2.24, 2.45) is 13.0 Å². The van der Waals surface area contributed by atoms with Crippen molar-refractivity contribution in [3.8, 4) is 0 Å². The van der Waals surface area contributed by atoms with E-state index in [0.717, 1.165) is 23.8 Å². The number of aromatic nitrogens is 2. The molecule has 2 rings (SSSR count). The fourth-order valence-electron chi connectivity index (χ4n) is 3.37. The molecule has 1 heterocycles. The summed E-state index contributed by atoms with van der Waals surface area (Å²) in [5, 5.41) is 14.6. The molecule has 1 aromatic heterocycles. The summed E-state index contributed by atoms with van der Waals surface area (Å²) >= 11 is 1.81. The standard InChI is InChI=1S/C15H27N3OS/c1-12(2)17-15(11-19)7-4-5-13(15)6-10-20-14-16-8-9-18(14)3/h8-9,12-13,17,19H,4-7,10-11H2,1-3H3. The predicted molar refractivity (Wildman–Crippen MR) is 84.0 cm³/mol. The summed E-state index contributed by atoms with van der Waals surface area (Å²) in [5.74, 6) is 1.64. The summed E-state index contributed by atoms with van der Waals surface area (Å²) in [5.41, 5.74) is -0.0592. The fourth-order valence-corrected chi connectivity index (χ4v) is 4.35. The Balaban J connectivity index is 1.89. The van der Waals surface area contributed by atoms with E-state index in [1.165, 1.54) is 12.8 Å². The van der Waals surface area contributed by atoms with E-state index in [2.05, 4.69) is 28.7 Å². The van der Waals surface area contributed by atoms with E-state index in [-0.39, 0.29) is 12.1 Å². The minimum atomic E-state index is -0.0592. The zero-order valence-corrected chi connectivity index (χ0v) is 13.6. The Morgan fingerprint density at radius 2 is 2.40 bits per heavy atom. The number of thioether (sulfide) groups is 1. The number of aliphatic hydroxyl groups excluding tert-OH is 1. The molecular formula is C15H27N3OS. The first-order valence-corrected chi connectivity index (χ1v) is 8.54. The molecule has 0 amide bonds. The number of rotatable bonds is 7. The highest BCUT2D eigenvalue weighted by atomic mass is 32.2. The summed E-state index contributed by atoms with van der Waals surface area (Å²) < 4.78 is 2.06. The summed E-state index contributed by atoms with van der Waals surface area (Å²) in [7, 11) is 2.03. The molecule has 1 fully saturated rings. The van der Waals surface area contributed by atoms with Crippen molar-refractivity contribution in [1.29, 1.82) is 0 Å². The van der Waals surface area contributed by atoms with Gasteiger partial charge < -0.3 is 15.0 Å². The van der Waals surface area contributed by atoms with Gasteiger partial charge >= 0.3 is 0 Å². The van der Waals surface area contributed by atoms with Gasteiger partial charge in [-0.1, -0.05) is 32.0 Å². The van der Waals surface area contributed by atoms with Crippen molar-refractivity contribution in [2.45, 2.75) is 56.3 Å². The van der Waals surface area contributed by atoms with Gasteiger partial charge in [0.05, 0.1) is 6.61 Å². The second-order valence-electron chi connectivity index (χ2n) is 6.16. The maximum absolute atomic E-state index is 9.88. The van der Waals surface area contributed by atoms with Crippen molar-refractivity contribution >= 4 is 11.8 Å². The minimum Gasteiger partial charge on any atom is -0.394 e. The average molecular weight is 297 g/mol. The summed E-state index contributed by atoms with van der Waals surface area (Å²) in [6.45, 7) is 4.58. The number of nitrogens with one attached hydrogen (secondary N) is 1. The van der Waals surface area contributed by atoms with Crippen LogP contribution in [0.4, 0.5) is 0 Å². The lowest BCUT2D eigenvalue weighted by Gasteiger charge is -2.37. The Morgan fingerprint density at radius 1 is 1.60 bits per heavy atom. The van der Waals surface area contributed by atoms with Crippen LogP contribution in [0.5, 0.6) is 0 Å². The van der Waals surface area contributed by atoms with Crippen LogP contribution in [0.3, 0.4) is 0 Å². The quantitative estimate of drug-likeness (QED) is 0.759. The molecule has 5 heteroatoms.